The molecule has 7 unspecified atom stereocenters. The van der Waals surface area contributed by atoms with E-state index in [4.69, 9.17) is 0 Å². The number of nitrogens with zero attached hydrogens (tertiary/aromatic N) is 1. The molecule has 7 heteroatoms. The number of imide groups is 1. The molecule has 3 aliphatic carbocycles. The molecule has 2 N–H and O–H groups in total. The van der Waals surface area contributed by atoms with Gasteiger partial charge in [0.25, 0.3) is 0 Å². The second kappa shape index (κ2) is 7.21. The van der Waals surface area contributed by atoms with Crippen molar-refractivity contribution in [1.29, 1.82) is 0 Å². The molecular weight excluding hydrogens is 366 g/mol. The molecule has 5 aliphatic rings. The minimum absolute atomic E-state index is 0. The Morgan fingerprint density at radius 3 is 2.41 bits per heavy atom. The van der Waals surface area contributed by atoms with E-state index < -0.39 is 0 Å². The van der Waals surface area contributed by atoms with Gasteiger partial charge in [-0.25, -0.2) is 0 Å². The highest BCUT2D eigenvalue weighted by molar-refractivity contribution is 6.06. The first-order chi connectivity index (χ1) is 12.6. The lowest BCUT2D eigenvalue weighted by Crippen LogP contribution is -2.46. The number of hydrogen-bond donors (Lipinski definition) is 2. The molecule has 148 valence electrons. The predicted molar refractivity (Wildman–Crippen MR) is 102 cm³/mol. The van der Waals surface area contributed by atoms with E-state index >= 15 is 0 Å². The van der Waals surface area contributed by atoms with Gasteiger partial charge in [-0.1, -0.05) is 25.0 Å². The van der Waals surface area contributed by atoms with Crippen molar-refractivity contribution in [2.45, 2.75) is 50.6 Å². The van der Waals surface area contributed by atoms with E-state index in [1.165, 1.54) is 30.6 Å². The van der Waals surface area contributed by atoms with Crippen LogP contribution in [0.1, 0.15) is 38.5 Å². The van der Waals surface area contributed by atoms with Crippen LogP contribution in [-0.2, 0) is 14.4 Å². The van der Waals surface area contributed by atoms with Gasteiger partial charge in [0.1, 0.15) is 0 Å². The molecule has 0 spiro atoms. The molecule has 2 bridgehead atoms. The van der Waals surface area contributed by atoms with Gasteiger partial charge in [-0.05, 0) is 43.4 Å². The summed E-state index contributed by atoms with van der Waals surface area (Å²) in [7, 11) is 0. The minimum Gasteiger partial charge on any atom is -0.353 e. The van der Waals surface area contributed by atoms with Crippen LogP contribution >= 0.6 is 12.4 Å². The first-order valence-corrected chi connectivity index (χ1v) is 10.2. The van der Waals surface area contributed by atoms with Crippen molar-refractivity contribution >= 4 is 30.1 Å². The maximum Gasteiger partial charge on any atom is 0.237 e. The Balaban J connectivity index is 0.00000180. The van der Waals surface area contributed by atoms with Crippen LogP contribution in [0.25, 0.3) is 0 Å². The molecule has 2 saturated carbocycles. The second-order valence-corrected chi connectivity index (χ2v) is 8.73. The lowest BCUT2D eigenvalue weighted by atomic mass is 9.85. The zero-order chi connectivity index (χ0) is 17.8. The molecule has 0 aromatic rings. The number of allylic oxidation sites excluding steroid dienone is 2. The first-order valence-electron chi connectivity index (χ1n) is 10.2. The van der Waals surface area contributed by atoms with Crippen LogP contribution < -0.4 is 10.6 Å². The molecule has 0 aromatic heterocycles. The van der Waals surface area contributed by atoms with Gasteiger partial charge in [0.15, 0.2) is 0 Å². The van der Waals surface area contributed by atoms with Crippen LogP contribution in [0.4, 0.5) is 0 Å². The molecule has 7 atom stereocenters. The Morgan fingerprint density at radius 1 is 1.07 bits per heavy atom. The van der Waals surface area contributed by atoms with Gasteiger partial charge in [0.2, 0.25) is 17.7 Å². The number of carbonyl (C=O) groups is 3. The standard InChI is InChI=1S/C20H27N3O3.ClH/c24-18(15-10-11-3-1-2-4-14(11)22-15)21-7-8-23-19(25)16-12-5-6-13(9-12)17(16)20(23)26;/h5-6,11-17,22H,1-4,7-10H2,(H,21,24);1H. The quantitative estimate of drug-likeness (QED) is 0.556. The third-order valence-corrected chi connectivity index (χ3v) is 7.38. The molecule has 27 heavy (non-hydrogen) atoms. The van der Waals surface area contributed by atoms with Gasteiger partial charge in [-0.15, -0.1) is 12.4 Å². The van der Waals surface area contributed by atoms with E-state index in [2.05, 4.69) is 22.8 Å². The van der Waals surface area contributed by atoms with E-state index in [0.717, 1.165) is 12.8 Å². The first kappa shape index (κ1) is 18.9. The molecule has 2 saturated heterocycles. The molecule has 0 aromatic carbocycles. The zero-order valence-corrected chi connectivity index (χ0v) is 16.2. The minimum atomic E-state index is -0.146. The summed E-state index contributed by atoms with van der Waals surface area (Å²) in [6.07, 6.45) is 11.0. The van der Waals surface area contributed by atoms with Gasteiger partial charge < -0.3 is 10.6 Å². The summed E-state index contributed by atoms with van der Waals surface area (Å²) in [5.74, 6) is 0.774. The molecule has 5 rings (SSSR count). The molecule has 3 amide bonds. The highest BCUT2D eigenvalue weighted by Gasteiger charge is 2.59. The van der Waals surface area contributed by atoms with Crippen molar-refractivity contribution in [3.8, 4) is 0 Å². The Morgan fingerprint density at radius 2 is 1.74 bits per heavy atom. The van der Waals surface area contributed by atoms with E-state index in [1.54, 1.807) is 0 Å². The summed E-state index contributed by atoms with van der Waals surface area (Å²) >= 11 is 0. The highest BCUT2D eigenvalue weighted by atomic mass is 35.5. The van der Waals surface area contributed by atoms with Crippen molar-refractivity contribution in [2.75, 3.05) is 13.1 Å². The average Bonchev–Trinajstić information content (AvgIpc) is 3.40. The van der Waals surface area contributed by atoms with Gasteiger partial charge in [-0.3, -0.25) is 19.3 Å². The third kappa shape index (κ3) is 3.01. The highest BCUT2D eigenvalue weighted by Crippen LogP contribution is 2.52. The number of amides is 3. The van der Waals surface area contributed by atoms with Crippen molar-refractivity contribution in [3.63, 3.8) is 0 Å². The Labute approximate surface area is 165 Å². The molecule has 0 radical (unpaired) electrons. The number of likely N-dealkylation sites (tertiary alicyclic amines) is 1. The fraction of sp³-hybridized carbons (Fsp3) is 0.750. The fourth-order valence-electron chi connectivity index (χ4n) is 6.12. The van der Waals surface area contributed by atoms with Crippen molar-refractivity contribution in [3.05, 3.63) is 12.2 Å². The normalized spacial score (nSPS) is 41.5. The molecule has 6 nitrogen and oxygen atoms in total. The number of nitrogens with one attached hydrogen (secondary N) is 2. The van der Waals surface area contributed by atoms with Crippen molar-refractivity contribution in [1.82, 2.24) is 15.5 Å². The lowest BCUT2D eigenvalue weighted by molar-refractivity contribution is -0.141. The smallest absolute Gasteiger partial charge is 0.237 e. The summed E-state index contributed by atoms with van der Waals surface area (Å²) in [5, 5.41) is 6.42. The van der Waals surface area contributed by atoms with Crippen LogP contribution in [0, 0.1) is 29.6 Å². The summed E-state index contributed by atoms with van der Waals surface area (Å²) in [6.45, 7) is 0.654. The lowest BCUT2D eigenvalue weighted by Gasteiger charge is -2.24. The van der Waals surface area contributed by atoms with Gasteiger partial charge in [0, 0.05) is 19.1 Å². The number of halogens is 1. The van der Waals surface area contributed by atoms with Crippen LogP contribution in [0.2, 0.25) is 0 Å². The third-order valence-electron chi connectivity index (χ3n) is 7.38. The Kier molecular flexibility index (Phi) is 5.06. The SMILES string of the molecule is Cl.O=C(NCCN1C(=O)C2C3C=CC(C3)C2C1=O)C1CC2CCCCC2N1. The van der Waals surface area contributed by atoms with E-state index in [9.17, 15) is 14.4 Å². The molecule has 2 heterocycles. The summed E-state index contributed by atoms with van der Waals surface area (Å²) in [5.41, 5.74) is 0. The van der Waals surface area contributed by atoms with Crippen LogP contribution in [0.15, 0.2) is 12.2 Å². The van der Waals surface area contributed by atoms with Crippen molar-refractivity contribution < 1.29 is 14.4 Å². The maximum atomic E-state index is 12.6. The number of hydrogen-bond acceptors (Lipinski definition) is 4. The van der Waals surface area contributed by atoms with E-state index in [1.807, 2.05) is 0 Å². The van der Waals surface area contributed by atoms with Crippen LogP contribution in [-0.4, -0.2) is 47.8 Å². The Bertz CT molecular complexity index is 637. The summed E-state index contributed by atoms with van der Waals surface area (Å²) in [6, 6.07) is 0.371. The molecular formula is C20H28ClN3O3. The molecule has 4 fully saturated rings. The largest absolute Gasteiger partial charge is 0.353 e. The Hall–Kier alpha value is -1.40. The molecule has 2 aliphatic heterocycles. The summed E-state index contributed by atoms with van der Waals surface area (Å²) in [4.78, 5) is 39.1. The number of carbonyl (C=O) groups excluding carboxylic acids is 3. The second-order valence-electron chi connectivity index (χ2n) is 8.73. The van der Waals surface area contributed by atoms with Gasteiger partial charge in [0.05, 0.1) is 17.9 Å². The van der Waals surface area contributed by atoms with Crippen LogP contribution in [0.3, 0.4) is 0 Å². The number of fused-ring (bicyclic) bond motifs is 6. The zero-order valence-electron chi connectivity index (χ0n) is 15.4. The monoisotopic (exact) mass is 393 g/mol. The van der Waals surface area contributed by atoms with E-state index in [-0.39, 0.29) is 59.8 Å². The predicted octanol–water partition coefficient (Wildman–Crippen LogP) is 1.25. The van der Waals surface area contributed by atoms with Crippen molar-refractivity contribution in [2.24, 2.45) is 29.6 Å². The topological polar surface area (TPSA) is 78.5 Å². The van der Waals surface area contributed by atoms with Crippen LogP contribution in [0.5, 0.6) is 0 Å². The van der Waals surface area contributed by atoms with Gasteiger partial charge in [-0.2, -0.15) is 0 Å². The maximum absolute atomic E-state index is 12.6. The van der Waals surface area contributed by atoms with Gasteiger partial charge >= 0.3 is 0 Å². The number of rotatable bonds is 4. The average molecular weight is 394 g/mol. The van der Waals surface area contributed by atoms with E-state index in [0.29, 0.717) is 25.0 Å². The fourth-order valence-corrected chi connectivity index (χ4v) is 6.12. The summed E-state index contributed by atoms with van der Waals surface area (Å²) < 4.78 is 0.